The molecule has 1 amide bonds. The lowest BCUT2D eigenvalue weighted by Crippen LogP contribution is -2.28. The van der Waals surface area contributed by atoms with Gasteiger partial charge in [0.1, 0.15) is 17.1 Å². The molecule has 128 valence electrons. The first-order chi connectivity index (χ1) is 12.0. The van der Waals surface area contributed by atoms with E-state index in [1.54, 1.807) is 31.2 Å². The van der Waals surface area contributed by atoms with Gasteiger partial charge in [-0.2, -0.15) is 5.10 Å². The number of halogens is 2. The lowest BCUT2D eigenvalue weighted by molar-refractivity contribution is -0.114. The SMILES string of the molecule is CC(=NNc1ccc(F)cc1)C1=C(O)CN(c2ccc(Cl)cc2)C1=O. The molecule has 1 heterocycles. The predicted octanol–water partition coefficient (Wildman–Crippen LogP) is 4.13. The molecule has 0 spiro atoms. The fourth-order valence-corrected chi connectivity index (χ4v) is 2.61. The second kappa shape index (κ2) is 6.94. The van der Waals surface area contributed by atoms with E-state index in [1.807, 2.05) is 0 Å². The molecule has 0 aromatic heterocycles. The zero-order valence-corrected chi connectivity index (χ0v) is 14.1. The summed E-state index contributed by atoms with van der Waals surface area (Å²) < 4.78 is 12.9. The average Bonchev–Trinajstić information content (AvgIpc) is 2.89. The van der Waals surface area contributed by atoms with Gasteiger partial charge < -0.3 is 10.0 Å². The van der Waals surface area contributed by atoms with Gasteiger partial charge >= 0.3 is 0 Å². The summed E-state index contributed by atoms with van der Waals surface area (Å²) >= 11 is 5.86. The highest BCUT2D eigenvalue weighted by Gasteiger charge is 2.33. The zero-order valence-electron chi connectivity index (χ0n) is 13.3. The molecule has 3 rings (SSSR count). The van der Waals surface area contributed by atoms with E-state index < -0.39 is 0 Å². The molecule has 7 heteroatoms. The van der Waals surface area contributed by atoms with Crippen molar-refractivity contribution in [3.8, 4) is 0 Å². The van der Waals surface area contributed by atoms with Crippen LogP contribution >= 0.6 is 11.6 Å². The van der Waals surface area contributed by atoms with Crippen LogP contribution in [0.3, 0.4) is 0 Å². The van der Waals surface area contributed by atoms with Crippen LogP contribution in [0.25, 0.3) is 0 Å². The van der Waals surface area contributed by atoms with Crippen LogP contribution in [0.15, 0.2) is 65.0 Å². The zero-order chi connectivity index (χ0) is 18.0. The summed E-state index contributed by atoms with van der Waals surface area (Å²) in [6.45, 7) is 1.69. The van der Waals surface area contributed by atoms with E-state index in [1.165, 1.54) is 29.2 Å². The van der Waals surface area contributed by atoms with Crippen molar-refractivity contribution in [2.24, 2.45) is 5.10 Å². The number of hydrogen-bond acceptors (Lipinski definition) is 4. The summed E-state index contributed by atoms with van der Waals surface area (Å²) in [5.41, 5.74) is 4.42. The average molecular weight is 360 g/mol. The van der Waals surface area contributed by atoms with Crippen LogP contribution in [0.2, 0.25) is 5.02 Å². The summed E-state index contributed by atoms with van der Waals surface area (Å²) in [5, 5.41) is 14.9. The Bertz CT molecular complexity index is 861. The summed E-state index contributed by atoms with van der Waals surface area (Å²) in [6, 6.07) is 12.4. The first-order valence-electron chi connectivity index (χ1n) is 7.51. The Hall–Kier alpha value is -2.86. The van der Waals surface area contributed by atoms with Crippen molar-refractivity contribution >= 4 is 34.6 Å². The topological polar surface area (TPSA) is 64.9 Å². The molecule has 0 atom stereocenters. The number of aliphatic hydroxyl groups is 1. The number of nitrogens with one attached hydrogen (secondary N) is 1. The molecule has 0 fully saturated rings. The first kappa shape index (κ1) is 17.0. The van der Waals surface area contributed by atoms with Crippen LogP contribution < -0.4 is 10.3 Å². The van der Waals surface area contributed by atoms with E-state index in [0.29, 0.717) is 22.1 Å². The van der Waals surface area contributed by atoms with Crippen molar-refractivity contribution in [3.63, 3.8) is 0 Å². The third-order valence-electron chi connectivity index (χ3n) is 3.75. The van der Waals surface area contributed by atoms with Crippen LogP contribution in [0.4, 0.5) is 15.8 Å². The number of hydrazone groups is 1. The second-order valence-corrected chi connectivity index (χ2v) is 5.94. The highest BCUT2D eigenvalue weighted by Crippen LogP contribution is 2.26. The van der Waals surface area contributed by atoms with Gasteiger partial charge in [-0.3, -0.25) is 10.2 Å². The molecular weight excluding hydrogens is 345 g/mol. The van der Waals surface area contributed by atoms with Crippen molar-refractivity contribution < 1.29 is 14.3 Å². The Labute approximate surface area is 149 Å². The molecule has 1 aliphatic heterocycles. The quantitative estimate of drug-likeness (QED) is 0.637. The second-order valence-electron chi connectivity index (χ2n) is 5.51. The molecule has 0 unspecified atom stereocenters. The number of hydrogen-bond donors (Lipinski definition) is 2. The van der Waals surface area contributed by atoms with Crippen LogP contribution in [-0.2, 0) is 4.79 Å². The summed E-state index contributed by atoms with van der Waals surface area (Å²) in [5.74, 6) is -0.750. The van der Waals surface area contributed by atoms with Crippen LogP contribution in [-0.4, -0.2) is 23.3 Å². The molecule has 2 aromatic rings. The van der Waals surface area contributed by atoms with Gasteiger partial charge in [0.25, 0.3) is 5.91 Å². The van der Waals surface area contributed by atoms with Gasteiger partial charge in [0.15, 0.2) is 0 Å². The number of carbonyl (C=O) groups is 1. The van der Waals surface area contributed by atoms with Crippen molar-refractivity contribution in [3.05, 3.63) is 70.7 Å². The molecular formula is C18H15ClFN3O2. The molecule has 2 aromatic carbocycles. The molecule has 0 saturated heterocycles. The fourth-order valence-electron chi connectivity index (χ4n) is 2.48. The molecule has 0 radical (unpaired) electrons. The van der Waals surface area contributed by atoms with Crippen LogP contribution in [0, 0.1) is 5.82 Å². The highest BCUT2D eigenvalue weighted by molar-refractivity contribution is 6.31. The Morgan fingerprint density at radius 3 is 2.48 bits per heavy atom. The summed E-state index contributed by atoms with van der Waals surface area (Å²) in [7, 11) is 0. The third kappa shape index (κ3) is 3.64. The summed E-state index contributed by atoms with van der Waals surface area (Å²) in [6.07, 6.45) is 0. The number of anilines is 2. The number of carbonyl (C=O) groups excluding carboxylic acids is 1. The molecule has 5 nitrogen and oxygen atoms in total. The normalized spacial score (nSPS) is 15.1. The highest BCUT2D eigenvalue weighted by atomic mass is 35.5. The van der Waals surface area contributed by atoms with Gasteiger partial charge in [0.2, 0.25) is 0 Å². The van der Waals surface area contributed by atoms with Crippen molar-refractivity contribution in [1.82, 2.24) is 0 Å². The number of aliphatic hydroxyl groups excluding tert-OH is 1. The van der Waals surface area contributed by atoms with Gasteiger partial charge in [-0.05, 0) is 55.5 Å². The van der Waals surface area contributed by atoms with E-state index in [2.05, 4.69) is 10.5 Å². The number of nitrogens with zero attached hydrogens (tertiary/aromatic N) is 2. The molecule has 0 saturated carbocycles. The predicted molar refractivity (Wildman–Crippen MR) is 96.6 cm³/mol. The maximum absolute atomic E-state index is 12.9. The molecule has 25 heavy (non-hydrogen) atoms. The molecule has 0 aliphatic carbocycles. The number of amides is 1. The van der Waals surface area contributed by atoms with Crippen molar-refractivity contribution in [2.75, 3.05) is 16.9 Å². The van der Waals surface area contributed by atoms with Crippen LogP contribution in [0.5, 0.6) is 0 Å². The Balaban J connectivity index is 1.77. The fraction of sp³-hybridized carbons (Fsp3) is 0.111. The minimum Gasteiger partial charge on any atom is -0.509 e. The smallest absolute Gasteiger partial charge is 0.264 e. The van der Waals surface area contributed by atoms with Crippen molar-refractivity contribution in [1.29, 1.82) is 0 Å². The van der Waals surface area contributed by atoms with E-state index in [4.69, 9.17) is 11.6 Å². The van der Waals surface area contributed by atoms with Crippen LogP contribution in [0.1, 0.15) is 6.92 Å². The molecule has 1 aliphatic rings. The number of rotatable bonds is 4. The van der Waals surface area contributed by atoms with Gasteiger partial charge in [-0.1, -0.05) is 11.6 Å². The van der Waals surface area contributed by atoms with Gasteiger partial charge in [-0.15, -0.1) is 0 Å². The molecule has 0 bridgehead atoms. The maximum Gasteiger partial charge on any atom is 0.264 e. The maximum atomic E-state index is 12.9. The largest absolute Gasteiger partial charge is 0.509 e. The lowest BCUT2D eigenvalue weighted by atomic mass is 10.1. The van der Waals surface area contributed by atoms with Gasteiger partial charge in [-0.25, -0.2) is 4.39 Å². The summed E-state index contributed by atoms with van der Waals surface area (Å²) in [4.78, 5) is 14.1. The van der Waals surface area contributed by atoms with E-state index in [-0.39, 0.29) is 29.6 Å². The Morgan fingerprint density at radius 1 is 1.20 bits per heavy atom. The van der Waals surface area contributed by atoms with Gasteiger partial charge in [0.05, 0.1) is 17.9 Å². The lowest BCUT2D eigenvalue weighted by Gasteiger charge is -2.16. The van der Waals surface area contributed by atoms with Gasteiger partial charge in [0, 0.05) is 10.7 Å². The Kier molecular flexibility index (Phi) is 4.72. The molecule has 2 N–H and O–H groups in total. The van der Waals surface area contributed by atoms with E-state index >= 15 is 0 Å². The minimum absolute atomic E-state index is 0.0536. The van der Waals surface area contributed by atoms with E-state index in [9.17, 15) is 14.3 Å². The minimum atomic E-state index is -0.351. The monoisotopic (exact) mass is 359 g/mol. The first-order valence-corrected chi connectivity index (χ1v) is 7.89. The van der Waals surface area contributed by atoms with E-state index in [0.717, 1.165) is 0 Å². The Morgan fingerprint density at radius 2 is 1.84 bits per heavy atom. The van der Waals surface area contributed by atoms with Crippen molar-refractivity contribution in [2.45, 2.75) is 6.92 Å². The third-order valence-corrected chi connectivity index (χ3v) is 4.00. The number of benzene rings is 2. The standard InChI is InChI=1S/C18H15ClFN3O2/c1-11(21-22-14-6-4-13(20)5-7-14)17-16(24)10-23(18(17)25)15-8-2-12(19)3-9-15/h2-9,22,24H,10H2,1H3.